The number of halogens is 3. The first-order chi connectivity index (χ1) is 14.6. The first-order valence-corrected chi connectivity index (χ1v) is 10.9. The minimum absolute atomic E-state index is 0.0527. The first kappa shape index (κ1) is 22.7. The smallest absolute Gasteiger partial charge is 0.321 e. The average Bonchev–Trinajstić information content (AvgIpc) is 2.73. The molecule has 1 N–H and O–H groups in total. The molecule has 1 heterocycles. The molecule has 0 aliphatic carbocycles. The standard InChI is InChI=1S/C21H20F3N3O3S/c1-3-27(4-2)31(29,30)16-8-5-14(6-9-16)20(28)26-19-11-12-25-18-10-7-15(13-17(18)19)21(22,23)24/h5-13H,3-4H2,1-2H3,(H,25,26,28). The third kappa shape index (κ3) is 4.70. The van der Waals surface area contributed by atoms with Gasteiger partial charge in [0.2, 0.25) is 10.0 Å². The van der Waals surface area contributed by atoms with Crippen LogP contribution in [0.3, 0.4) is 0 Å². The van der Waals surface area contributed by atoms with E-state index in [0.29, 0.717) is 18.6 Å². The molecule has 3 rings (SSSR count). The molecule has 31 heavy (non-hydrogen) atoms. The van der Waals surface area contributed by atoms with Gasteiger partial charge in [0, 0.05) is 30.2 Å². The van der Waals surface area contributed by atoms with Gasteiger partial charge < -0.3 is 5.32 Å². The van der Waals surface area contributed by atoms with Crippen LogP contribution in [0.25, 0.3) is 10.9 Å². The lowest BCUT2D eigenvalue weighted by Crippen LogP contribution is -2.30. The maximum absolute atomic E-state index is 13.1. The van der Waals surface area contributed by atoms with Crippen molar-refractivity contribution in [2.24, 2.45) is 0 Å². The third-order valence-corrected chi connectivity index (χ3v) is 6.84. The number of nitrogens with one attached hydrogen (secondary N) is 1. The summed E-state index contributed by atoms with van der Waals surface area (Å²) in [4.78, 5) is 16.7. The highest BCUT2D eigenvalue weighted by atomic mass is 32.2. The topological polar surface area (TPSA) is 79.4 Å². The molecule has 10 heteroatoms. The van der Waals surface area contributed by atoms with E-state index < -0.39 is 27.7 Å². The molecule has 0 spiro atoms. The van der Waals surface area contributed by atoms with Crippen molar-refractivity contribution >= 4 is 32.5 Å². The first-order valence-electron chi connectivity index (χ1n) is 9.45. The lowest BCUT2D eigenvalue weighted by atomic mass is 10.1. The Morgan fingerprint density at radius 3 is 2.26 bits per heavy atom. The van der Waals surface area contributed by atoms with Gasteiger partial charge >= 0.3 is 6.18 Å². The van der Waals surface area contributed by atoms with Crippen molar-refractivity contribution in [3.05, 3.63) is 65.9 Å². The van der Waals surface area contributed by atoms with Crippen LogP contribution in [0, 0.1) is 0 Å². The Morgan fingerprint density at radius 2 is 1.68 bits per heavy atom. The predicted molar refractivity (Wildman–Crippen MR) is 111 cm³/mol. The zero-order valence-corrected chi connectivity index (χ0v) is 17.6. The number of fused-ring (bicyclic) bond motifs is 1. The number of rotatable bonds is 6. The zero-order chi connectivity index (χ0) is 22.8. The van der Waals surface area contributed by atoms with Crippen molar-refractivity contribution in [1.29, 1.82) is 0 Å². The fourth-order valence-corrected chi connectivity index (χ4v) is 4.57. The number of anilines is 1. The van der Waals surface area contributed by atoms with Gasteiger partial charge in [-0.2, -0.15) is 17.5 Å². The number of sulfonamides is 1. The fraction of sp³-hybridized carbons (Fsp3) is 0.238. The lowest BCUT2D eigenvalue weighted by molar-refractivity contribution is -0.137. The molecular weight excluding hydrogens is 431 g/mol. The van der Waals surface area contributed by atoms with Crippen LogP contribution < -0.4 is 5.32 Å². The number of benzene rings is 2. The number of pyridine rings is 1. The van der Waals surface area contributed by atoms with Crippen LogP contribution in [0.4, 0.5) is 18.9 Å². The molecule has 2 aromatic carbocycles. The van der Waals surface area contributed by atoms with Crippen LogP contribution in [0.2, 0.25) is 0 Å². The molecule has 1 aromatic heterocycles. The zero-order valence-electron chi connectivity index (χ0n) is 16.8. The van der Waals surface area contributed by atoms with Gasteiger partial charge in [0.05, 0.1) is 21.7 Å². The van der Waals surface area contributed by atoms with Gasteiger partial charge in [-0.25, -0.2) is 8.42 Å². The Kier molecular flexibility index (Phi) is 6.33. The van der Waals surface area contributed by atoms with E-state index in [1.165, 1.54) is 46.9 Å². The molecule has 0 radical (unpaired) electrons. The Balaban J connectivity index is 1.89. The van der Waals surface area contributed by atoms with Gasteiger partial charge in [0.25, 0.3) is 5.91 Å². The van der Waals surface area contributed by atoms with Gasteiger partial charge in [-0.05, 0) is 48.5 Å². The SMILES string of the molecule is CCN(CC)S(=O)(=O)c1ccc(C(=O)Nc2ccnc3ccc(C(F)(F)F)cc23)cc1. The number of hydrogen-bond acceptors (Lipinski definition) is 4. The van der Waals surface area contributed by atoms with Gasteiger partial charge in [0.15, 0.2) is 0 Å². The summed E-state index contributed by atoms with van der Waals surface area (Å²) in [7, 11) is -3.66. The molecule has 0 saturated carbocycles. The van der Waals surface area contributed by atoms with E-state index in [0.717, 1.165) is 12.1 Å². The fourth-order valence-electron chi connectivity index (χ4n) is 3.12. The molecule has 0 fully saturated rings. The van der Waals surface area contributed by atoms with Crippen LogP contribution in [0.1, 0.15) is 29.8 Å². The summed E-state index contributed by atoms with van der Waals surface area (Å²) in [6.07, 6.45) is -3.15. The number of alkyl halides is 3. The van der Waals surface area contributed by atoms with E-state index in [1.807, 2.05) is 0 Å². The van der Waals surface area contributed by atoms with E-state index in [4.69, 9.17) is 0 Å². The summed E-state index contributed by atoms with van der Waals surface area (Å²) in [6.45, 7) is 4.09. The minimum atomic E-state index is -4.53. The van der Waals surface area contributed by atoms with E-state index in [-0.39, 0.29) is 21.5 Å². The van der Waals surface area contributed by atoms with Gasteiger partial charge in [-0.3, -0.25) is 9.78 Å². The molecule has 1 amide bonds. The predicted octanol–water partition coefficient (Wildman–Crippen LogP) is 4.54. The summed E-state index contributed by atoms with van der Waals surface area (Å²) in [5.74, 6) is -0.586. The number of carbonyl (C=O) groups is 1. The number of hydrogen-bond donors (Lipinski definition) is 1. The molecule has 0 atom stereocenters. The molecule has 0 aliphatic heterocycles. The average molecular weight is 451 g/mol. The molecule has 6 nitrogen and oxygen atoms in total. The van der Waals surface area contributed by atoms with Crippen molar-refractivity contribution in [1.82, 2.24) is 9.29 Å². The Morgan fingerprint density at radius 1 is 1.03 bits per heavy atom. The second-order valence-electron chi connectivity index (χ2n) is 6.66. The van der Waals surface area contributed by atoms with Gasteiger partial charge in [0.1, 0.15) is 0 Å². The third-order valence-electron chi connectivity index (χ3n) is 4.78. The quantitative estimate of drug-likeness (QED) is 0.597. The van der Waals surface area contributed by atoms with Crippen LogP contribution >= 0.6 is 0 Å². The van der Waals surface area contributed by atoms with Crippen molar-refractivity contribution in [2.45, 2.75) is 24.9 Å². The van der Waals surface area contributed by atoms with Crippen LogP contribution in [-0.4, -0.2) is 36.7 Å². The number of aromatic nitrogens is 1. The lowest BCUT2D eigenvalue weighted by Gasteiger charge is -2.18. The van der Waals surface area contributed by atoms with Crippen LogP contribution in [0.15, 0.2) is 59.6 Å². The summed E-state index contributed by atoms with van der Waals surface area (Å²) in [6, 6.07) is 9.87. The van der Waals surface area contributed by atoms with Crippen molar-refractivity contribution in [2.75, 3.05) is 18.4 Å². The van der Waals surface area contributed by atoms with Crippen LogP contribution in [-0.2, 0) is 16.2 Å². The Bertz CT molecular complexity index is 1210. The Hall–Kier alpha value is -2.98. The molecule has 164 valence electrons. The Labute approximate surface area is 177 Å². The molecule has 0 bridgehead atoms. The van der Waals surface area contributed by atoms with Crippen molar-refractivity contribution in [3.8, 4) is 0 Å². The molecule has 0 unspecified atom stereocenters. The summed E-state index contributed by atoms with van der Waals surface area (Å²) in [5, 5.41) is 2.72. The highest BCUT2D eigenvalue weighted by molar-refractivity contribution is 7.89. The van der Waals surface area contributed by atoms with E-state index in [9.17, 15) is 26.4 Å². The van der Waals surface area contributed by atoms with Crippen molar-refractivity contribution in [3.63, 3.8) is 0 Å². The van der Waals surface area contributed by atoms with Gasteiger partial charge in [-0.1, -0.05) is 13.8 Å². The molecule has 0 aliphatic rings. The highest BCUT2D eigenvalue weighted by Gasteiger charge is 2.30. The maximum atomic E-state index is 13.1. The number of carbonyl (C=O) groups excluding carboxylic acids is 1. The maximum Gasteiger partial charge on any atom is 0.416 e. The van der Waals surface area contributed by atoms with E-state index in [2.05, 4.69) is 10.3 Å². The number of nitrogens with zero attached hydrogens (tertiary/aromatic N) is 2. The minimum Gasteiger partial charge on any atom is -0.321 e. The summed E-state index contributed by atoms with van der Waals surface area (Å²) in [5.41, 5.74) is -0.225. The normalized spacial score (nSPS) is 12.3. The second kappa shape index (κ2) is 8.64. The van der Waals surface area contributed by atoms with Gasteiger partial charge in [-0.15, -0.1) is 0 Å². The van der Waals surface area contributed by atoms with Crippen molar-refractivity contribution < 1.29 is 26.4 Å². The summed E-state index contributed by atoms with van der Waals surface area (Å²) >= 11 is 0. The van der Waals surface area contributed by atoms with E-state index in [1.54, 1.807) is 13.8 Å². The monoisotopic (exact) mass is 451 g/mol. The molecular formula is C21H20F3N3O3S. The second-order valence-corrected chi connectivity index (χ2v) is 8.59. The largest absolute Gasteiger partial charge is 0.416 e. The molecule has 0 saturated heterocycles. The van der Waals surface area contributed by atoms with Crippen LogP contribution in [0.5, 0.6) is 0 Å². The summed E-state index contributed by atoms with van der Waals surface area (Å²) < 4.78 is 65.6. The molecule has 3 aromatic rings. The number of amides is 1. The highest BCUT2D eigenvalue weighted by Crippen LogP contribution is 2.33. The van der Waals surface area contributed by atoms with E-state index >= 15 is 0 Å².